The van der Waals surface area contributed by atoms with Gasteiger partial charge in [0.05, 0.1) is 26.4 Å². The van der Waals surface area contributed by atoms with E-state index in [2.05, 4.69) is 15.8 Å². The van der Waals surface area contributed by atoms with Crippen LogP contribution in [0.2, 0.25) is 0 Å². The van der Waals surface area contributed by atoms with Crippen LogP contribution in [0.5, 0.6) is 0 Å². The van der Waals surface area contributed by atoms with Gasteiger partial charge in [0.1, 0.15) is 0 Å². The number of para-hydroxylation sites is 1. The third kappa shape index (κ3) is 4.11. The van der Waals surface area contributed by atoms with E-state index in [1.165, 1.54) is 23.5 Å². The molecular formula is C24H23N3O3S2. The van der Waals surface area contributed by atoms with Gasteiger partial charge in [0, 0.05) is 7.05 Å². The molecule has 1 heterocycles. The molecule has 0 fully saturated rings. The van der Waals surface area contributed by atoms with Crippen molar-refractivity contribution in [1.82, 2.24) is 4.57 Å². The summed E-state index contributed by atoms with van der Waals surface area (Å²) in [4.78, 5) is 18.1. The maximum absolute atomic E-state index is 13.1. The molecule has 0 aliphatic rings. The minimum absolute atomic E-state index is 0.129. The van der Waals surface area contributed by atoms with Crippen LogP contribution >= 0.6 is 11.3 Å². The largest absolute Gasteiger partial charge is 0.319 e. The third-order valence-corrected chi connectivity index (χ3v) is 7.92. The number of nitrogens with one attached hydrogen (secondary N) is 1. The number of carbonyl (C=O) groups excluding carboxylic acids is 1. The fraction of sp³-hybridized carbons (Fsp3) is 0.167. The number of hydrogen-bond acceptors (Lipinski definition) is 4. The second-order valence-corrected chi connectivity index (χ2v) is 10.4. The van der Waals surface area contributed by atoms with Crippen LogP contribution < -0.4 is 9.52 Å². The number of rotatable bonds is 4. The van der Waals surface area contributed by atoms with E-state index in [0.29, 0.717) is 4.80 Å². The molecule has 0 aliphatic heterocycles. The first kappa shape index (κ1) is 22.0. The Kier molecular flexibility index (Phi) is 5.75. The molecule has 3 aromatic carbocycles. The van der Waals surface area contributed by atoms with E-state index in [-0.39, 0.29) is 16.1 Å². The Hall–Kier alpha value is -3.23. The summed E-state index contributed by atoms with van der Waals surface area (Å²) in [6.07, 6.45) is 0. The van der Waals surface area contributed by atoms with Crippen LogP contribution in [-0.4, -0.2) is 18.9 Å². The lowest BCUT2D eigenvalue weighted by Gasteiger charge is -2.11. The third-order valence-electron chi connectivity index (χ3n) is 5.28. The number of amides is 1. The molecule has 0 saturated heterocycles. The monoisotopic (exact) mass is 465 g/mol. The van der Waals surface area contributed by atoms with Gasteiger partial charge >= 0.3 is 0 Å². The van der Waals surface area contributed by atoms with Gasteiger partial charge in [0.25, 0.3) is 15.9 Å². The highest BCUT2D eigenvalue weighted by Crippen LogP contribution is 2.25. The normalized spacial score (nSPS) is 12.3. The van der Waals surface area contributed by atoms with Crippen molar-refractivity contribution in [3.63, 3.8) is 0 Å². The fourth-order valence-corrected chi connectivity index (χ4v) is 5.74. The molecule has 1 aromatic heterocycles. The van der Waals surface area contributed by atoms with Gasteiger partial charge in [-0.15, -0.1) is 0 Å². The summed E-state index contributed by atoms with van der Waals surface area (Å²) >= 11 is 1.44. The number of thiazole rings is 1. The smallest absolute Gasteiger partial charge is 0.281 e. The highest BCUT2D eigenvalue weighted by Gasteiger charge is 2.19. The van der Waals surface area contributed by atoms with Crippen LogP contribution in [0, 0.1) is 20.8 Å². The van der Waals surface area contributed by atoms with Gasteiger partial charge in [-0.3, -0.25) is 9.52 Å². The lowest BCUT2D eigenvalue weighted by atomic mass is 10.1. The first-order valence-electron chi connectivity index (χ1n) is 10.0. The number of benzene rings is 3. The van der Waals surface area contributed by atoms with Crippen molar-refractivity contribution < 1.29 is 13.2 Å². The van der Waals surface area contributed by atoms with Crippen molar-refractivity contribution in [2.75, 3.05) is 4.72 Å². The van der Waals surface area contributed by atoms with Crippen molar-refractivity contribution >= 4 is 43.2 Å². The summed E-state index contributed by atoms with van der Waals surface area (Å²) < 4.78 is 31.2. The molecule has 0 aliphatic carbocycles. The highest BCUT2D eigenvalue weighted by atomic mass is 32.2. The quantitative estimate of drug-likeness (QED) is 0.474. The average Bonchev–Trinajstić information content (AvgIpc) is 3.08. The number of nitrogens with zero attached hydrogens (tertiary/aromatic N) is 2. The molecule has 8 heteroatoms. The maximum Gasteiger partial charge on any atom is 0.281 e. The van der Waals surface area contributed by atoms with E-state index < -0.39 is 15.9 Å². The van der Waals surface area contributed by atoms with Crippen LogP contribution in [0.15, 0.2) is 70.6 Å². The zero-order chi connectivity index (χ0) is 23.0. The molecule has 0 unspecified atom stereocenters. The minimum Gasteiger partial charge on any atom is -0.319 e. The summed E-state index contributed by atoms with van der Waals surface area (Å²) in [5.74, 6) is -0.510. The van der Waals surface area contributed by atoms with E-state index in [1.54, 1.807) is 36.4 Å². The molecule has 0 bridgehead atoms. The summed E-state index contributed by atoms with van der Waals surface area (Å²) in [5, 5.41) is 0. The van der Waals surface area contributed by atoms with Crippen LogP contribution in [0.1, 0.15) is 27.0 Å². The fourth-order valence-electron chi connectivity index (χ4n) is 3.50. The molecular weight excluding hydrogens is 442 g/mol. The van der Waals surface area contributed by atoms with Gasteiger partial charge in [-0.25, -0.2) is 8.42 Å². The molecule has 4 aromatic rings. The Morgan fingerprint density at radius 3 is 2.28 bits per heavy atom. The predicted molar refractivity (Wildman–Crippen MR) is 129 cm³/mol. The highest BCUT2D eigenvalue weighted by molar-refractivity contribution is 7.92. The molecule has 1 N–H and O–H groups in total. The number of aromatic nitrogens is 1. The molecule has 0 spiro atoms. The minimum atomic E-state index is -3.85. The van der Waals surface area contributed by atoms with Crippen molar-refractivity contribution in [2.45, 2.75) is 25.7 Å². The van der Waals surface area contributed by atoms with Gasteiger partial charge in [-0.05, 0) is 56.2 Å². The first-order valence-corrected chi connectivity index (χ1v) is 12.3. The van der Waals surface area contributed by atoms with Gasteiger partial charge in [-0.1, -0.05) is 53.3 Å². The Labute approximate surface area is 190 Å². The predicted octanol–water partition coefficient (Wildman–Crippen LogP) is 4.71. The number of carbonyl (C=O) groups is 1. The van der Waals surface area contributed by atoms with Gasteiger partial charge in [0.15, 0.2) is 4.80 Å². The van der Waals surface area contributed by atoms with Crippen LogP contribution in [0.25, 0.3) is 10.2 Å². The second kappa shape index (κ2) is 8.37. The molecule has 164 valence electrons. The lowest BCUT2D eigenvalue weighted by Crippen LogP contribution is -2.17. The number of hydrogen-bond donors (Lipinski definition) is 1. The number of sulfonamides is 1. The van der Waals surface area contributed by atoms with Crippen molar-refractivity contribution in [3.8, 4) is 0 Å². The molecule has 0 radical (unpaired) electrons. The second-order valence-electron chi connectivity index (χ2n) is 7.70. The molecule has 1 amide bonds. The van der Waals surface area contributed by atoms with E-state index in [4.69, 9.17) is 0 Å². The van der Waals surface area contributed by atoms with Crippen molar-refractivity contribution in [1.29, 1.82) is 0 Å². The standard InChI is InChI=1S/C24H23N3O3S2/c1-15-9-13-18(14-10-15)32(29,30)26-20-8-6-5-7-19(20)23(28)25-24-27(4)21-16(2)11-12-17(3)22(21)31-24/h5-14,26H,1-4H3. The summed E-state index contributed by atoms with van der Waals surface area (Å²) in [6, 6.07) is 17.1. The lowest BCUT2D eigenvalue weighted by molar-refractivity contribution is 0.0999. The van der Waals surface area contributed by atoms with Crippen LogP contribution in [0.4, 0.5) is 5.69 Å². The molecule has 32 heavy (non-hydrogen) atoms. The molecule has 0 atom stereocenters. The average molecular weight is 466 g/mol. The first-order chi connectivity index (χ1) is 15.2. The summed E-state index contributed by atoms with van der Waals surface area (Å²) in [5.41, 5.74) is 4.60. The maximum atomic E-state index is 13.1. The Balaban J connectivity index is 1.75. The van der Waals surface area contributed by atoms with Gasteiger partial charge in [0.2, 0.25) is 0 Å². The van der Waals surface area contributed by atoms with Crippen molar-refractivity contribution in [2.24, 2.45) is 12.0 Å². The van der Waals surface area contributed by atoms with E-state index in [9.17, 15) is 13.2 Å². The van der Waals surface area contributed by atoms with Crippen molar-refractivity contribution in [3.05, 3.63) is 87.7 Å². The number of aryl methyl sites for hydroxylation is 4. The van der Waals surface area contributed by atoms with E-state index >= 15 is 0 Å². The summed E-state index contributed by atoms with van der Waals surface area (Å²) in [6.45, 7) is 5.94. The zero-order valence-electron chi connectivity index (χ0n) is 18.2. The van der Waals surface area contributed by atoms with E-state index in [1.807, 2.05) is 38.5 Å². The molecule has 6 nitrogen and oxygen atoms in total. The van der Waals surface area contributed by atoms with Crippen LogP contribution in [-0.2, 0) is 17.1 Å². The molecule has 0 saturated carbocycles. The topological polar surface area (TPSA) is 80.5 Å². The summed E-state index contributed by atoms with van der Waals surface area (Å²) in [7, 11) is -1.97. The number of anilines is 1. The Morgan fingerprint density at radius 2 is 1.59 bits per heavy atom. The SMILES string of the molecule is Cc1ccc(S(=O)(=O)Nc2ccccc2C(=O)N=c2sc3c(C)ccc(C)c3n2C)cc1. The Morgan fingerprint density at radius 1 is 0.938 bits per heavy atom. The number of fused-ring (bicyclic) bond motifs is 1. The van der Waals surface area contributed by atoms with Crippen LogP contribution in [0.3, 0.4) is 0 Å². The van der Waals surface area contributed by atoms with E-state index in [0.717, 1.165) is 26.9 Å². The molecule has 4 rings (SSSR count). The Bertz CT molecular complexity index is 1510. The van der Waals surface area contributed by atoms with Gasteiger partial charge in [-0.2, -0.15) is 4.99 Å². The van der Waals surface area contributed by atoms with Gasteiger partial charge < -0.3 is 4.57 Å². The zero-order valence-corrected chi connectivity index (χ0v) is 19.8.